The number of hydrogen-bond acceptors (Lipinski definition) is 2. The monoisotopic (exact) mass is 262 g/mol. The SMILES string of the molecule is CCCN(CCC)C(=O)c1cc(C(C)C)cc(C)n1. The summed E-state index contributed by atoms with van der Waals surface area (Å²) in [7, 11) is 0. The molecule has 1 heterocycles. The summed E-state index contributed by atoms with van der Waals surface area (Å²) in [5.41, 5.74) is 2.69. The third-order valence-electron chi connectivity index (χ3n) is 3.14. The Morgan fingerprint density at radius 3 is 2.26 bits per heavy atom. The number of aromatic nitrogens is 1. The molecule has 0 spiro atoms. The molecule has 0 fully saturated rings. The van der Waals surface area contributed by atoms with Gasteiger partial charge in [0.1, 0.15) is 5.69 Å². The van der Waals surface area contributed by atoms with Gasteiger partial charge in [-0.3, -0.25) is 4.79 Å². The number of carbonyl (C=O) groups excluding carboxylic acids is 1. The fourth-order valence-corrected chi connectivity index (χ4v) is 2.15. The average Bonchev–Trinajstić information content (AvgIpc) is 2.37. The molecule has 0 unspecified atom stereocenters. The molecule has 1 amide bonds. The number of nitrogens with zero attached hydrogens (tertiary/aromatic N) is 2. The van der Waals surface area contributed by atoms with Crippen LogP contribution in [0.5, 0.6) is 0 Å². The van der Waals surface area contributed by atoms with Crippen LogP contribution in [-0.4, -0.2) is 28.9 Å². The molecule has 1 rings (SSSR count). The highest BCUT2D eigenvalue weighted by molar-refractivity contribution is 5.92. The fraction of sp³-hybridized carbons (Fsp3) is 0.625. The van der Waals surface area contributed by atoms with Gasteiger partial charge in [0.25, 0.3) is 5.91 Å². The van der Waals surface area contributed by atoms with E-state index in [0.717, 1.165) is 31.6 Å². The maximum Gasteiger partial charge on any atom is 0.272 e. The zero-order valence-corrected chi connectivity index (χ0v) is 12.9. The van der Waals surface area contributed by atoms with Gasteiger partial charge in [-0.15, -0.1) is 0 Å². The van der Waals surface area contributed by atoms with Crippen LogP contribution in [0.15, 0.2) is 12.1 Å². The minimum absolute atomic E-state index is 0.0642. The predicted molar refractivity (Wildman–Crippen MR) is 79.5 cm³/mol. The van der Waals surface area contributed by atoms with E-state index in [4.69, 9.17) is 0 Å². The first kappa shape index (κ1) is 15.7. The molecular weight excluding hydrogens is 236 g/mol. The van der Waals surface area contributed by atoms with E-state index in [1.54, 1.807) is 0 Å². The van der Waals surface area contributed by atoms with Gasteiger partial charge in [-0.25, -0.2) is 4.98 Å². The van der Waals surface area contributed by atoms with Crippen LogP contribution in [0.2, 0.25) is 0 Å². The molecule has 3 heteroatoms. The van der Waals surface area contributed by atoms with E-state index < -0.39 is 0 Å². The molecule has 0 radical (unpaired) electrons. The summed E-state index contributed by atoms with van der Waals surface area (Å²) in [5, 5.41) is 0. The van der Waals surface area contributed by atoms with Crippen LogP contribution in [-0.2, 0) is 0 Å². The molecule has 0 saturated heterocycles. The molecule has 19 heavy (non-hydrogen) atoms. The Labute approximate surface area is 117 Å². The Morgan fingerprint density at radius 1 is 1.21 bits per heavy atom. The second-order valence-electron chi connectivity index (χ2n) is 5.37. The van der Waals surface area contributed by atoms with Gasteiger partial charge in [0.2, 0.25) is 0 Å². The van der Waals surface area contributed by atoms with Crippen molar-refractivity contribution in [2.24, 2.45) is 0 Å². The van der Waals surface area contributed by atoms with Crippen LogP contribution >= 0.6 is 0 Å². The van der Waals surface area contributed by atoms with Gasteiger partial charge in [-0.05, 0) is 43.4 Å². The Kier molecular flexibility index (Phi) is 6.00. The topological polar surface area (TPSA) is 33.2 Å². The zero-order chi connectivity index (χ0) is 14.4. The smallest absolute Gasteiger partial charge is 0.272 e. The summed E-state index contributed by atoms with van der Waals surface area (Å²) < 4.78 is 0. The summed E-state index contributed by atoms with van der Waals surface area (Å²) >= 11 is 0. The lowest BCUT2D eigenvalue weighted by Gasteiger charge is -2.21. The highest BCUT2D eigenvalue weighted by Crippen LogP contribution is 2.17. The molecule has 0 aromatic carbocycles. The van der Waals surface area contributed by atoms with Crippen molar-refractivity contribution in [1.29, 1.82) is 0 Å². The molecule has 1 aromatic heterocycles. The van der Waals surface area contributed by atoms with E-state index in [-0.39, 0.29) is 5.91 Å². The summed E-state index contributed by atoms with van der Waals surface area (Å²) in [6, 6.07) is 4.00. The molecule has 106 valence electrons. The molecule has 0 N–H and O–H groups in total. The third kappa shape index (κ3) is 4.34. The lowest BCUT2D eigenvalue weighted by Crippen LogP contribution is -2.33. The summed E-state index contributed by atoms with van der Waals surface area (Å²) in [6.45, 7) is 12.0. The van der Waals surface area contributed by atoms with E-state index in [1.165, 1.54) is 5.56 Å². The first-order valence-electron chi connectivity index (χ1n) is 7.27. The van der Waals surface area contributed by atoms with Crippen molar-refractivity contribution >= 4 is 5.91 Å². The maximum atomic E-state index is 12.5. The first-order valence-corrected chi connectivity index (χ1v) is 7.27. The quantitative estimate of drug-likeness (QED) is 0.781. The van der Waals surface area contributed by atoms with Crippen LogP contribution in [0.1, 0.15) is 68.2 Å². The number of aryl methyl sites for hydroxylation is 1. The van der Waals surface area contributed by atoms with Gasteiger partial charge < -0.3 is 4.90 Å². The molecule has 1 aromatic rings. The Bertz CT molecular complexity index is 421. The van der Waals surface area contributed by atoms with Crippen molar-refractivity contribution in [1.82, 2.24) is 9.88 Å². The van der Waals surface area contributed by atoms with Crippen LogP contribution < -0.4 is 0 Å². The van der Waals surface area contributed by atoms with Gasteiger partial charge in [-0.2, -0.15) is 0 Å². The van der Waals surface area contributed by atoms with E-state index in [1.807, 2.05) is 17.9 Å². The molecular formula is C16H26N2O. The molecule has 0 atom stereocenters. The Balaban J connectivity index is 3.02. The molecule has 0 aliphatic rings. The average molecular weight is 262 g/mol. The molecule has 0 aliphatic heterocycles. The number of carbonyl (C=O) groups is 1. The largest absolute Gasteiger partial charge is 0.337 e. The van der Waals surface area contributed by atoms with Crippen LogP contribution in [0.3, 0.4) is 0 Å². The van der Waals surface area contributed by atoms with Crippen molar-refractivity contribution in [3.05, 3.63) is 29.1 Å². The summed E-state index contributed by atoms with van der Waals surface area (Å²) in [6.07, 6.45) is 1.96. The first-order chi connectivity index (χ1) is 8.99. The van der Waals surface area contributed by atoms with Crippen molar-refractivity contribution in [2.75, 3.05) is 13.1 Å². The summed E-state index contributed by atoms with van der Waals surface area (Å²) in [4.78, 5) is 18.8. The number of pyridine rings is 1. The second kappa shape index (κ2) is 7.27. The van der Waals surface area contributed by atoms with Crippen molar-refractivity contribution < 1.29 is 4.79 Å². The number of amides is 1. The van der Waals surface area contributed by atoms with Gasteiger partial charge in [0, 0.05) is 18.8 Å². The number of rotatable bonds is 6. The van der Waals surface area contributed by atoms with E-state index in [2.05, 4.69) is 38.7 Å². The second-order valence-corrected chi connectivity index (χ2v) is 5.37. The third-order valence-corrected chi connectivity index (χ3v) is 3.14. The minimum atomic E-state index is 0.0642. The summed E-state index contributed by atoms with van der Waals surface area (Å²) in [5.74, 6) is 0.480. The van der Waals surface area contributed by atoms with Crippen molar-refractivity contribution in [2.45, 2.75) is 53.4 Å². The van der Waals surface area contributed by atoms with E-state index in [0.29, 0.717) is 11.6 Å². The van der Waals surface area contributed by atoms with Gasteiger partial charge in [-0.1, -0.05) is 27.7 Å². The zero-order valence-electron chi connectivity index (χ0n) is 12.9. The lowest BCUT2D eigenvalue weighted by atomic mass is 10.0. The van der Waals surface area contributed by atoms with Crippen LogP contribution in [0.4, 0.5) is 0 Å². The fourth-order valence-electron chi connectivity index (χ4n) is 2.15. The standard InChI is InChI=1S/C16H26N2O/c1-6-8-18(9-7-2)16(19)15-11-14(12(3)4)10-13(5)17-15/h10-12H,6-9H2,1-5H3. The highest BCUT2D eigenvalue weighted by atomic mass is 16.2. The van der Waals surface area contributed by atoms with Crippen molar-refractivity contribution in [3.8, 4) is 0 Å². The van der Waals surface area contributed by atoms with E-state index >= 15 is 0 Å². The van der Waals surface area contributed by atoms with Crippen LogP contribution in [0.25, 0.3) is 0 Å². The Morgan fingerprint density at radius 2 is 1.79 bits per heavy atom. The van der Waals surface area contributed by atoms with Crippen molar-refractivity contribution in [3.63, 3.8) is 0 Å². The normalized spacial score (nSPS) is 10.8. The molecule has 0 saturated carbocycles. The lowest BCUT2D eigenvalue weighted by molar-refractivity contribution is 0.0749. The van der Waals surface area contributed by atoms with E-state index in [9.17, 15) is 4.79 Å². The highest BCUT2D eigenvalue weighted by Gasteiger charge is 2.17. The Hall–Kier alpha value is -1.38. The van der Waals surface area contributed by atoms with Crippen LogP contribution in [0, 0.1) is 6.92 Å². The maximum absolute atomic E-state index is 12.5. The van der Waals surface area contributed by atoms with Gasteiger partial charge >= 0.3 is 0 Å². The number of hydrogen-bond donors (Lipinski definition) is 0. The molecule has 0 aliphatic carbocycles. The van der Waals surface area contributed by atoms with Gasteiger partial charge in [0.15, 0.2) is 0 Å². The minimum Gasteiger partial charge on any atom is -0.337 e. The predicted octanol–water partition coefficient (Wildman–Crippen LogP) is 3.78. The molecule has 0 bridgehead atoms. The van der Waals surface area contributed by atoms with Gasteiger partial charge in [0.05, 0.1) is 0 Å². The molecule has 3 nitrogen and oxygen atoms in total.